The number of aromatic nitrogens is 4. The fraction of sp³-hybridized carbons (Fsp3) is 0.250. The lowest BCUT2D eigenvalue weighted by atomic mass is 10.2. The quantitative estimate of drug-likeness (QED) is 0.721. The van der Waals surface area contributed by atoms with E-state index in [2.05, 4.69) is 20.5 Å². The van der Waals surface area contributed by atoms with Gasteiger partial charge in [-0.1, -0.05) is 29.4 Å². The van der Waals surface area contributed by atoms with Gasteiger partial charge >= 0.3 is 0 Å². The van der Waals surface area contributed by atoms with E-state index in [1.54, 1.807) is 6.07 Å². The molecule has 0 atom stereocenters. The summed E-state index contributed by atoms with van der Waals surface area (Å²) in [6.07, 6.45) is 0. The number of fused-ring (bicyclic) bond motifs is 1. The molecule has 6 nitrogen and oxygen atoms in total. The highest BCUT2D eigenvalue weighted by Gasteiger charge is 2.12. The van der Waals surface area contributed by atoms with Crippen molar-refractivity contribution in [3.8, 4) is 0 Å². The van der Waals surface area contributed by atoms with Crippen LogP contribution < -0.4 is 5.32 Å². The number of nitrogens with zero attached hydrogens (tertiary/aromatic N) is 4. The first kappa shape index (κ1) is 16.7. The molecule has 3 rings (SSSR count). The van der Waals surface area contributed by atoms with E-state index in [1.807, 2.05) is 43.4 Å². The summed E-state index contributed by atoms with van der Waals surface area (Å²) in [5, 5.41) is 12.3. The van der Waals surface area contributed by atoms with Crippen LogP contribution in [0, 0.1) is 20.8 Å². The van der Waals surface area contributed by atoms with Crippen LogP contribution in [0.5, 0.6) is 0 Å². The van der Waals surface area contributed by atoms with E-state index in [4.69, 9.17) is 11.6 Å². The second kappa shape index (κ2) is 6.78. The van der Waals surface area contributed by atoms with Gasteiger partial charge in [-0.15, -0.1) is 10.2 Å². The van der Waals surface area contributed by atoms with Gasteiger partial charge in [-0.2, -0.15) is 0 Å². The number of hydrogen-bond donors (Lipinski definition) is 1. The summed E-state index contributed by atoms with van der Waals surface area (Å²) < 4.78 is 1.84. The first-order valence-corrected chi connectivity index (χ1v) is 8.68. The van der Waals surface area contributed by atoms with Crippen molar-refractivity contribution in [3.63, 3.8) is 0 Å². The van der Waals surface area contributed by atoms with Gasteiger partial charge in [-0.25, -0.2) is 4.98 Å². The lowest BCUT2D eigenvalue weighted by Crippen LogP contribution is -2.14. The number of nitrogens with one attached hydrogen (secondary N) is 1. The zero-order chi connectivity index (χ0) is 17.3. The van der Waals surface area contributed by atoms with Crippen LogP contribution in [-0.2, 0) is 4.79 Å². The molecule has 1 aromatic carbocycles. The third kappa shape index (κ3) is 3.52. The zero-order valence-corrected chi connectivity index (χ0v) is 15.1. The number of rotatable bonds is 4. The van der Waals surface area contributed by atoms with Crippen LogP contribution in [0.25, 0.3) is 5.78 Å². The van der Waals surface area contributed by atoms with Gasteiger partial charge < -0.3 is 5.32 Å². The molecule has 3 aromatic rings. The molecule has 0 unspecified atom stereocenters. The molecule has 0 aliphatic rings. The minimum absolute atomic E-state index is 0.130. The van der Waals surface area contributed by atoms with Crippen LogP contribution in [0.15, 0.2) is 29.4 Å². The maximum atomic E-state index is 12.1. The monoisotopic (exact) mass is 361 g/mol. The molecule has 0 spiro atoms. The number of benzene rings is 1. The van der Waals surface area contributed by atoms with Gasteiger partial charge in [0.2, 0.25) is 5.91 Å². The number of carbonyl (C=O) groups excluding carboxylic acids is 1. The summed E-state index contributed by atoms with van der Waals surface area (Å²) in [4.78, 5) is 16.5. The topological polar surface area (TPSA) is 72.2 Å². The Morgan fingerprint density at radius 1 is 1.25 bits per heavy atom. The molecule has 0 aliphatic heterocycles. The fourth-order valence-corrected chi connectivity index (χ4v) is 3.26. The minimum Gasteiger partial charge on any atom is -0.325 e. The van der Waals surface area contributed by atoms with Gasteiger partial charge in [0, 0.05) is 22.1 Å². The van der Waals surface area contributed by atoms with Gasteiger partial charge in [-0.05, 0) is 44.5 Å². The zero-order valence-electron chi connectivity index (χ0n) is 13.5. The van der Waals surface area contributed by atoms with E-state index < -0.39 is 0 Å². The molecule has 0 bridgehead atoms. The average Bonchev–Trinajstić information content (AvgIpc) is 2.92. The summed E-state index contributed by atoms with van der Waals surface area (Å²) in [7, 11) is 0. The second-order valence-electron chi connectivity index (χ2n) is 5.46. The smallest absolute Gasteiger partial charge is 0.256 e. The molecule has 0 saturated carbocycles. The fourth-order valence-electron chi connectivity index (χ4n) is 2.29. The van der Waals surface area contributed by atoms with Gasteiger partial charge in [0.15, 0.2) is 5.16 Å². The summed E-state index contributed by atoms with van der Waals surface area (Å²) in [6, 6.07) is 7.39. The van der Waals surface area contributed by atoms with E-state index in [1.165, 1.54) is 11.8 Å². The summed E-state index contributed by atoms with van der Waals surface area (Å²) in [5.41, 5.74) is 3.52. The third-order valence-electron chi connectivity index (χ3n) is 3.45. The average molecular weight is 362 g/mol. The Kier molecular flexibility index (Phi) is 4.73. The molecule has 0 radical (unpaired) electrons. The van der Waals surface area contributed by atoms with Gasteiger partial charge in [0.05, 0.1) is 5.75 Å². The van der Waals surface area contributed by atoms with Gasteiger partial charge in [0.25, 0.3) is 5.78 Å². The maximum absolute atomic E-state index is 12.1. The van der Waals surface area contributed by atoms with Crippen molar-refractivity contribution in [3.05, 3.63) is 46.2 Å². The van der Waals surface area contributed by atoms with E-state index >= 15 is 0 Å². The third-order valence-corrected chi connectivity index (χ3v) is 4.79. The Labute approximate surface area is 148 Å². The first-order chi connectivity index (χ1) is 11.4. The van der Waals surface area contributed by atoms with Crippen LogP contribution in [0.2, 0.25) is 5.02 Å². The predicted molar refractivity (Wildman–Crippen MR) is 95.8 cm³/mol. The van der Waals surface area contributed by atoms with Crippen molar-refractivity contribution in [2.75, 3.05) is 11.1 Å². The number of halogens is 1. The molecule has 1 N–H and O–H groups in total. The first-order valence-electron chi connectivity index (χ1n) is 7.32. The van der Waals surface area contributed by atoms with Crippen molar-refractivity contribution >= 4 is 40.7 Å². The van der Waals surface area contributed by atoms with Gasteiger partial charge in [-0.3, -0.25) is 9.20 Å². The Balaban J connectivity index is 1.69. The van der Waals surface area contributed by atoms with Crippen molar-refractivity contribution in [2.45, 2.75) is 25.9 Å². The number of hydrogen-bond acceptors (Lipinski definition) is 5. The summed E-state index contributed by atoms with van der Waals surface area (Å²) in [5.74, 6) is 0.634. The summed E-state index contributed by atoms with van der Waals surface area (Å²) >= 11 is 7.38. The Morgan fingerprint density at radius 2 is 2.04 bits per heavy atom. The Hall–Kier alpha value is -2.12. The lowest BCUT2D eigenvalue weighted by Gasteiger charge is -2.07. The number of carbonyl (C=O) groups is 1. The van der Waals surface area contributed by atoms with Crippen LogP contribution in [0.1, 0.15) is 17.0 Å². The van der Waals surface area contributed by atoms with Crippen LogP contribution >= 0.6 is 23.4 Å². The summed E-state index contributed by atoms with van der Waals surface area (Å²) in [6.45, 7) is 5.79. The number of anilines is 1. The minimum atomic E-state index is -0.130. The second-order valence-corrected chi connectivity index (χ2v) is 6.81. The molecule has 2 heterocycles. The molecule has 8 heteroatoms. The number of amides is 1. The highest BCUT2D eigenvalue weighted by molar-refractivity contribution is 7.99. The molecule has 1 amide bonds. The van der Waals surface area contributed by atoms with E-state index in [-0.39, 0.29) is 11.7 Å². The van der Waals surface area contributed by atoms with Crippen LogP contribution in [0.4, 0.5) is 5.69 Å². The standard InChI is InChI=1S/C16H16ClN5OS/c1-9-4-5-12(7-13(9)17)19-14(23)8-24-16-21-20-15-18-10(2)6-11(3)22(15)16/h4-7H,8H2,1-3H3,(H,19,23). The van der Waals surface area contributed by atoms with Crippen molar-refractivity contribution in [1.82, 2.24) is 19.6 Å². The van der Waals surface area contributed by atoms with Crippen molar-refractivity contribution in [2.24, 2.45) is 0 Å². The predicted octanol–water partition coefficient (Wildman–Crippen LogP) is 3.43. The van der Waals surface area contributed by atoms with Gasteiger partial charge in [0.1, 0.15) is 0 Å². The van der Waals surface area contributed by atoms with E-state index in [0.29, 0.717) is 21.6 Å². The molecule has 124 valence electrons. The highest BCUT2D eigenvalue weighted by atomic mass is 35.5. The molecule has 0 aliphatic carbocycles. The van der Waals surface area contributed by atoms with E-state index in [9.17, 15) is 4.79 Å². The van der Waals surface area contributed by atoms with Crippen molar-refractivity contribution in [1.29, 1.82) is 0 Å². The number of thioether (sulfide) groups is 1. The number of aryl methyl sites for hydroxylation is 3. The lowest BCUT2D eigenvalue weighted by molar-refractivity contribution is -0.113. The molecule has 0 fully saturated rings. The van der Waals surface area contributed by atoms with E-state index in [0.717, 1.165) is 17.0 Å². The Morgan fingerprint density at radius 3 is 2.79 bits per heavy atom. The van der Waals surface area contributed by atoms with Crippen LogP contribution in [0.3, 0.4) is 0 Å². The largest absolute Gasteiger partial charge is 0.325 e. The molecule has 24 heavy (non-hydrogen) atoms. The maximum Gasteiger partial charge on any atom is 0.256 e. The molecule has 2 aromatic heterocycles. The molecular weight excluding hydrogens is 346 g/mol. The molecular formula is C16H16ClN5OS. The normalized spacial score (nSPS) is 11.0. The van der Waals surface area contributed by atoms with Crippen LogP contribution in [-0.4, -0.2) is 31.2 Å². The van der Waals surface area contributed by atoms with Crippen molar-refractivity contribution < 1.29 is 4.79 Å². The highest BCUT2D eigenvalue weighted by Crippen LogP contribution is 2.21. The Bertz CT molecular complexity index is 924. The molecule has 0 saturated heterocycles. The SMILES string of the molecule is Cc1cc(C)n2c(SCC(=O)Nc3ccc(C)c(Cl)c3)nnc2n1.